The van der Waals surface area contributed by atoms with E-state index in [1.165, 1.54) is 0 Å². The molecule has 1 aromatic rings. The largest absolute Gasteiger partial charge is 0.444 e. The van der Waals surface area contributed by atoms with E-state index >= 15 is 0 Å². The van der Waals surface area contributed by atoms with Crippen LogP contribution in [-0.4, -0.2) is 52.0 Å². The molecule has 0 bridgehead atoms. The van der Waals surface area contributed by atoms with Gasteiger partial charge in [-0.2, -0.15) is 0 Å². The van der Waals surface area contributed by atoms with E-state index in [1.807, 2.05) is 44.7 Å². The zero-order valence-electron chi connectivity index (χ0n) is 15.7. The minimum atomic E-state index is -0.523. The molecule has 1 aliphatic rings. The van der Waals surface area contributed by atoms with Crippen LogP contribution in [0.15, 0.2) is 24.5 Å². The zero-order chi connectivity index (χ0) is 18.4. The van der Waals surface area contributed by atoms with Crippen LogP contribution < -0.4 is 0 Å². The van der Waals surface area contributed by atoms with Crippen molar-refractivity contribution >= 4 is 12.0 Å². The lowest BCUT2D eigenvalue weighted by molar-refractivity contribution is -0.137. The monoisotopic (exact) mass is 347 g/mol. The second kappa shape index (κ2) is 8.32. The van der Waals surface area contributed by atoms with Gasteiger partial charge in [-0.15, -0.1) is 0 Å². The highest BCUT2D eigenvalue weighted by Crippen LogP contribution is 2.22. The first-order chi connectivity index (χ1) is 11.8. The molecule has 25 heavy (non-hydrogen) atoms. The summed E-state index contributed by atoms with van der Waals surface area (Å²) in [7, 11) is 0. The quantitative estimate of drug-likeness (QED) is 0.840. The Bertz CT molecular complexity index is 583. The average Bonchev–Trinajstić information content (AvgIpc) is 2.58. The maximum Gasteiger partial charge on any atom is 0.410 e. The first-order valence-corrected chi connectivity index (χ1v) is 8.95. The van der Waals surface area contributed by atoms with Crippen LogP contribution in [0.5, 0.6) is 0 Å². The van der Waals surface area contributed by atoms with Gasteiger partial charge in [0.1, 0.15) is 5.60 Å². The van der Waals surface area contributed by atoms with Crippen molar-refractivity contribution in [2.24, 2.45) is 5.92 Å². The molecule has 0 spiro atoms. The molecule has 6 heteroatoms. The molecule has 2 heterocycles. The van der Waals surface area contributed by atoms with Crippen LogP contribution in [0.2, 0.25) is 0 Å². The standard InChI is InChI=1S/C19H29N3O3/c1-5-21(13-15-8-10-20-11-9-15)17(23)16-7-6-12-22(14-16)18(24)25-19(2,3)4/h8-11,16H,5-7,12-14H2,1-4H3/t16-/m1/s1. The molecule has 138 valence electrons. The van der Waals surface area contributed by atoms with Gasteiger partial charge in [-0.3, -0.25) is 9.78 Å². The van der Waals surface area contributed by atoms with E-state index in [2.05, 4.69) is 4.98 Å². The summed E-state index contributed by atoms with van der Waals surface area (Å²) in [4.78, 5) is 32.7. The molecule has 0 aromatic carbocycles. The fraction of sp³-hybridized carbons (Fsp3) is 0.632. The molecular weight excluding hydrogens is 318 g/mol. The Morgan fingerprint density at radius 1 is 1.32 bits per heavy atom. The first kappa shape index (κ1) is 19.2. The van der Waals surface area contributed by atoms with Gasteiger partial charge in [-0.25, -0.2) is 4.79 Å². The van der Waals surface area contributed by atoms with Crippen LogP contribution in [0.1, 0.15) is 46.1 Å². The number of hydrogen-bond acceptors (Lipinski definition) is 4. The number of pyridine rings is 1. The predicted octanol–water partition coefficient (Wildman–Crippen LogP) is 3.08. The molecule has 2 rings (SSSR count). The molecule has 1 atom stereocenters. The summed E-state index contributed by atoms with van der Waals surface area (Å²) in [5.41, 5.74) is 0.537. The molecule has 1 aromatic heterocycles. The molecule has 0 radical (unpaired) electrons. The maximum atomic E-state index is 12.9. The molecule has 0 saturated carbocycles. The lowest BCUT2D eigenvalue weighted by atomic mass is 9.96. The second-order valence-corrected chi connectivity index (χ2v) is 7.47. The summed E-state index contributed by atoms with van der Waals surface area (Å²) in [5.74, 6) is -0.0596. The van der Waals surface area contributed by atoms with Crippen molar-refractivity contribution in [3.05, 3.63) is 30.1 Å². The number of carbonyl (C=O) groups excluding carboxylic acids is 2. The zero-order valence-corrected chi connectivity index (χ0v) is 15.7. The smallest absolute Gasteiger partial charge is 0.410 e. The number of carbonyl (C=O) groups is 2. The summed E-state index contributed by atoms with van der Waals surface area (Å²) in [5, 5.41) is 0. The third kappa shape index (κ3) is 5.73. The summed E-state index contributed by atoms with van der Waals surface area (Å²) >= 11 is 0. The van der Waals surface area contributed by atoms with Crippen LogP contribution in [0.25, 0.3) is 0 Å². The van der Waals surface area contributed by atoms with Gasteiger partial charge in [-0.05, 0) is 58.2 Å². The number of nitrogens with zero attached hydrogens (tertiary/aromatic N) is 3. The molecule has 6 nitrogen and oxygen atoms in total. The molecule has 0 unspecified atom stereocenters. The molecule has 1 aliphatic heterocycles. The predicted molar refractivity (Wildman–Crippen MR) is 95.9 cm³/mol. The number of amides is 2. The Hall–Kier alpha value is -2.11. The summed E-state index contributed by atoms with van der Waals surface area (Å²) in [6.45, 7) is 9.83. The third-order valence-electron chi connectivity index (χ3n) is 4.24. The van der Waals surface area contributed by atoms with Crippen molar-refractivity contribution in [1.82, 2.24) is 14.8 Å². The Morgan fingerprint density at radius 3 is 2.60 bits per heavy atom. The number of aromatic nitrogens is 1. The van der Waals surface area contributed by atoms with E-state index in [0.717, 1.165) is 18.4 Å². The highest BCUT2D eigenvalue weighted by Gasteiger charge is 2.32. The SMILES string of the molecule is CCN(Cc1ccncc1)C(=O)[C@@H]1CCCN(C(=O)OC(C)(C)C)C1. The van der Waals surface area contributed by atoms with Crippen LogP contribution in [0.3, 0.4) is 0 Å². The average molecular weight is 347 g/mol. The van der Waals surface area contributed by atoms with E-state index < -0.39 is 5.60 Å². The van der Waals surface area contributed by atoms with Crippen molar-refractivity contribution in [2.45, 2.75) is 52.7 Å². The van der Waals surface area contributed by atoms with Gasteiger partial charge in [0.2, 0.25) is 5.91 Å². The highest BCUT2D eigenvalue weighted by molar-refractivity contribution is 5.80. The van der Waals surface area contributed by atoms with Crippen LogP contribution in [-0.2, 0) is 16.1 Å². The van der Waals surface area contributed by atoms with Crippen molar-refractivity contribution in [3.8, 4) is 0 Å². The van der Waals surface area contributed by atoms with Gasteiger partial charge in [0.15, 0.2) is 0 Å². The Balaban J connectivity index is 1.98. The highest BCUT2D eigenvalue weighted by atomic mass is 16.6. The number of hydrogen-bond donors (Lipinski definition) is 0. The van der Waals surface area contributed by atoms with Gasteiger partial charge in [0.25, 0.3) is 0 Å². The number of ether oxygens (including phenoxy) is 1. The van der Waals surface area contributed by atoms with Gasteiger partial charge in [0.05, 0.1) is 5.92 Å². The molecule has 0 aliphatic carbocycles. The van der Waals surface area contributed by atoms with E-state index in [1.54, 1.807) is 17.3 Å². The minimum Gasteiger partial charge on any atom is -0.444 e. The fourth-order valence-corrected chi connectivity index (χ4v) is 2.98. The van der Waals surface area contributed by atoms with E-state index in [-0.39, 0.29) is 17.9 Å². The summed E-state index contributed by atoms with van der Waals surface area (Å²) < 4.78 is 5.44. The lowest BCUT2D eigenvalue weighted by Crippen LogP contribution is -2.47. The minimum absolute atomic E-state index is 0.104. The molecule has 0 N–H and O–H groups in total. The lowest BCUT2D eigenvalue weighted by Gasteiger charge is -2.35. The number of rotatable bonds is 4. The van der Waals surface area contributed by atoms with Crippen LogP contribution in [0, 0.1) is 5.92 Å². The van der Waals surface area contributed by atoms with Crippen LogP contribution in [0.4, 0.5) is 4.79 Å². The van der Waals surface area contributed by atoms with E-state index in [0.29, 0.717) is 26.2 Å². The number of likely N-dealkylation sites (tertiary alicyclic amines) is 1. The second-order valence-electron chi connectivity index (χ2n) is 7.47. The third-order valence-corrected chi connectivity index (χ3v) is 4.24. The molecule has 2 amide bonds. The van der Waals surface area contributed by atoms with Crippen molar-refractivity contribution < 1.29 is 14.3 Å². The topological polar surface area (TPSA) is 62.7 Å². The van der Waals surface area contributed by atoms with E-state index in [9.17, 15) is 9.59 Å². The normalized spacial score (nSPS) is 17.9. The number of piperidine rings is 1. The van der Waals surface area contributed by atoms with Gasteiger partial charge < -0.3 is 14.5 Å². The van der Waals surface area contributed by atoms with Gasteiger partial charge in [0, 0.05) is 38.6 Å². The summed E-state index contributed by atoms with van der Waals surface area (Å²) in [6, 6.07) is 3.84. The molecule has 1 saturated heterocycles. The molecule has 1 fully saturated rings. The first-order valence-electron chi connectivity index (χ1n) is 8.95. The van der Waals surface area contributed by atoms with E-state index in [4.69, 9.17) is 4.74 Å². The van der Waals surface area contributed by atoms with Crippen molar-refractivity contribution in [3.63, 3.8) is 0 Å². The Labute approximate surface area is 150 Å². The van der Waals surface area contributed by atoms with Crippen molar-refractivity contribution in [2.75, 3.05) is 19.6 Å². The molecular formula is C19H29N3O3. The van der Waals surface area contributed by atoms with Crippen molar-refractivity contribution in [1.29, 1.82) is 0 Å². The van der Waals surface area contributed by atoms with Gasteiger partial charge >= 0.3 is 6.09 Å². The van der Waals surface area contributed by atoms with Gasteiger partial charge in [-0.1, -0.05) is 0 Å². The Kier molecular flexibility index (Phi) is 6.39. The fourth-order valence-electron chi connectivity index (χ4n) is 2.98. The van der Waals surface area contributed by atoms with Crippen LogP contribution >= 0.6 is 0 Å². The maximum absolute atomic E-state index is 12.9. The Morgan fingerprint density at radius 2 is 2.00 bits per heavy atom. The summed E-state index contributed by atoms with van der Waals surface area (Å²) in [6.07, 6.45) is 4.77.